The summed E-state index contributed by atoms with van der Waals surface area (Å²) in [6, 6.07) is 7.37. The van der Waals surface area contributed by atoms with Crippen molar-refractivity contribution in [1.29, 1.82) is 0 Å². The molecule has 0 spiro atoms. The topological polar surface area (TPSA) is 67.7 Å². The van der Waals surface area contributed by atoms with E-state index in [2.05, 4.69) is 5.10 Å². The lowest BCUT2D eigenvalue weighted by molar-refractivity contribution is -0.166. The van der Waals surface area contributed by atoms with Crippen molar-refractivity contribution in [3.63, 3.8) is 0 Å². The average molecular weight is 370 g/mol. The molecule has 1 aromatic carbocycles. The first kappa shape index (κ1) is 19.1. The zero-order valence-electron chi connectivity index (χ0n) is 16.3. The number of benzene rings is 1. The van der Waals surface area contributed by atoms with Gasteiger partial charge in [0.05, 0.1) is 12.2 Å². The average Bonchev–Trinajstić information content (AvgIpc) is 3.07. The van der Waals surface area contributed by atoms with Crippen molar-refractivity contribution in [2.75, 3.05) is 27.2 Å². The van der Waals surface area contributed by atoms with Crippen LogP contribution in [0.15, 0.2) is 36.7 Å². The number of likely N-dealkylation sites (N-methyl/N-ethyl adjacent to an activating group) is 2. The van der Waals surface area contributed by atoms with E-state index < -0.39 is 12.1 Å². The number of nitrogens with zero attached hydrogens (tertiary/aromatic N) is 4. The molecule has 2 aromatic rings. The van der Waals surface area contributed by atoms with Gasteiger partial charge in [0.25, 0.3) is 5.91 Å². The number of hydrogen-bond acceptors (Lipinski definition) is 4. The second kappa shape index (κ2) is 7.92. The second-order valence-corrected chi connectivity index (χ2v) is 7.07. The highest BCUT2D eigenvalue weighted by Crippen LogP contribution is 2.32. The van der Waals surface area contributed by atoms with E-state index in [1.807, 2.05) is 44.4 Å². The van der Waals surface area contributed by atoms with Crippen LogP contribution in [0.5, 0.6) is 0 Å². The molecule has 2 amide bonds. The number of rotatable bonds is 5. The van der Waals surface area contributed by atoms with E-state index in [-0.39, 0.29) is 18.4 Å². The van der Waals surface area contributed by atoms with Gasteiger partial charge in [-0.05, 0) is 30.0 Å². The summed E-state index contributed by atoms with van der Waals surface area (Å²) >= 11 is 0. The molecule has 7 heteroatoms. The van der Waals surface area contributed by atoms with E-state index >= 15 is 0 Å². The minimum Gasteiger partial charge on any atom is -0.356 e. The minimum atomic E-state index is -0.715. The first-order valence-electron chi connectivity index (χ1n) is 9.03. The summed E-state index contributed by atoms with van der Waals surface area (Å²) < 4.78 is 7.47. The molecule has 7 nitrogen and oxygen atoms in total. The van der Waals surface area contributed by atoms with Crippen molar-refractivity contribution in [2.45, 2.75) is 25.5 Å². The fourth-order valence-corrected chi connectivity index (χ4v) is 3.43. The molecule has 0 bridgehead atoms. The van der Waals surface area contributed by atoms with Gasteiger partial charge in [0, 0.05) is 33.9 Å². The van der Waals surface area contributed by atoms with Crippen LogP contribution < -0.4 is 0 Å². The van der Waals surface area contributed by atoms with Crippen molar-refractivity contribution in [2.24, 2.45) is 7.05 Å². The highest BCUT2D eigenvalue weighted by atomic mass is 16.5. The third-order valence-corrected chi connectivity index (χ3v) is 5.10. The Morgan fingerprint density at radius 2 is 2.07 bits per heavy atom. The van der Waals surface area contributed by atoms with Crippen molar-refractivity contribution < 1.29 is 14.3 Å². The third kappa shape index (κ3) is 4.03. The zero-order chi connectivity index (χ0) is 19.6. The number of morpholine rings is 1. The number of carbonyl (C=O) groups excluding carboxylic acids is 2. The largest absolute Gasteiger partial charge is 0.356 e. The van der Waals surface area contributed by atoms with Crippen LogP contribution >= 0.6 is 0 Å². The zero-order valence-corrected chi connectivity index (χ0v) is 16.3. The lowest BCUT2D eigenvalue weighted by Crippen LogP contribution is -2.53. The van der Waals surface area contributed by atoms with E-state index in [1.165, 1.54) is 0 Å². The molecule has 1 aliphatic heterocycles. The lowest BCUT2D eigenvalue weighted by Gasteiger charge is -2.40. The smallest absolute Gasteiger partial charge is 0.254 e. The van der Waals surface area contributed by atoms with Crippen LogP contribution in [0.2, 0.25) is 0 Å². The lowest BCUT2D eigenvalue weighted by atomic mass is 9.93. The molecular weight excluding hydrogens is 344 g/mol. The summed E-state index contributed by atoms with van der Waals surface area (Å²) in [5.74, 6) is -0.239. The first-order chi connectivity index (χ1) is 12.9. The number of amides is 2. The summed E-state index contributed by atoms with van der Waals surface area (Å²) in [5.41, 5.74) is 3.04. The van der Waals surface area contributed by atoms with Crippen molar-refractivity contribution in [3.05, 3.63) is 53.3 Å². The molecule has 3 rings (SSSR count). The van der Waals surface area contributed by atoms with Crippen molar-refractivity contribution in [1.82, 2.24) is 19.6 Å². The predicted octanol–water partition coefficient (Wildman–Crippen LogP) is 1.33. The van der Waals surface area contributed by atoms with Gasteiger partial charge in [-0.25, -0.2) is 0 Å². The van der Waals surface area contributed by atoms with Gasteiger partial charge in [0.1, 0.15) is 6.61 Å². The molecule has 0 radical (unpaired) electrons. The van der Waals surface area contributed by atoms with Gasteiger partial charge in [-0.1, -0.05) is 24.3 Å². The monoisotopic (exact) mass is 370 g/mol. The molecule has 0 aliphatic carbocycles. The van der Waals surface area contributed by atoms with E-state index in [4.69, 9.17) is 4.74 Å². The van der Waals surface area contributed by atoms with Gasteiger partial charge in [-0.3, -0.25) is 14.3 Å². The SMILES string of the molecule is Cc1ccccc1[C@@H]1[C@@H](C(=O)N(C)CCc2cnn(C)c2)OCC(=O)N1C. The number of carbonyl (C=O) groups is 2. The molecule has 1 aromatic heterocycles. The Morgan fingerprint density at radius 1 is 1.33 bits per heavy atom. The minimum absolute atomic E-state index is 0.0776. The molecule has 0 saturated carbocycles. The molecule has 2 atom stereocenters. The van der Waals surface area contributed by atoms with Crippen LogP contribution in [-0.2, 0) is 27.8 Å². The van der Waals surface area contributed by atoms with Crippen LogP contribution in [0, 0.1) is 6.92 Å². The molecule has 0 N–H and O–H groups in total. The maximum absolute atomic E-state index is 13.1. The number of ether oxygens (including phenoxy) is 1. The Kier molecular flexibility index (Phi) is 5.60. The summed E-state index contributed by atoms with van der Waals surface area (Å²) in [7, 11) is 5.37. The van der Waals surface area contributed by atoms with Gasteiger partial charge < -0.3 is 14.5 Å². The number of hydrogen-bond donors (Lipinski definition) is 0. The second-order valence-electron chi connectivity index (χ2n) is 7.07. The van der Waals surface area contributed by atoms with E-state index in [9.17, 15) is 9.59 Å². The Balaban J connectivity index is 1.78. The Labute approximate surface area is 159 Å². The maximum atomic E-state index is 13.1. The van der Waals surface area contributed by atoms with Crippen LogP contribution in [0.1, 0.15) is 22.7 Å². The molecule has 2 heterocycles. The van der Waals surface area contributed by atoms with Crippen LogP contribution in [0.4, 0.5) is 0 Å². The quantitative estimate of drug-likeness (QED) is 0.796. The summed E-state index contributed by atoms with van der Waals surface area (Å²) in [5, 5.41) is 4.15. The Hall–Kier alpha value is -2.67. The highest BCUT2D eigenvalue weighted by molar-refractivity contribution is 5.86. The molecule has 1 saturated heterocycles. The fourth-order valence-electron chi connectivity index (χ4n) is 3.43. The molecule has 1 fully saturated rings. The van der Waals surface area contributed by atoms with Gasteiger partial charge >= 0.3 is 0 Å². The van der Waals surface area contributed by atoms with Crippen LogP contribution in [0.3, 0.4) is 0 Å². The maximum Gasteiger partial charge on any atom is 0.254 e. The van der Waals surface area contributed by atoms with Gasteiger partial charge in [0.2, 0.25) is 5.91 Å². The van der Waals surface area contributed by atoms with Gasteiger partial charge in [-0.15, -0.1) is 0 Å². The normalized spacial score (nSPS) is 20.0. The molecular formula is C20H26N4O3. The Bertz CT molecular complexity index is 832. The molecule has 0 unspecified atom stereocenters. The first-order valence-corrected chi connectivity index (χ1v) is 9.03. The van der Waals surface area contributed by atoms with Gasteiger partial charge in [0.15, 0.2) is 6.10 Å². The standard InChI is InChI=1S/C20H26N4O3/c1-14-7-5-6-8-16(14)18-19(27-13-17(25)24(18)4)20(26)22(2)10-9-15-11-21-23(3)12-15/h5-8,11-12,18-19H,9-10,13H2,1-4H3/t18-,19+/m1/s1. The molecule has 27 heavy (non-hydrogen) atoms. The summed E-state index contributed by atoms with van der Waals surface area (Å²) in [4.78, 5) is 28.6. The number of aryl methyl sites for hydroxylation is 2. The predicted molar refractivity (Wildman–Crippen MR) is 101 cm³/mol. The Morgan fingerprint density at radius 3 is 2.74 bits per heavy atom. The fraction of sp³-hybridized carbons (Fsp3) is 0.450. The van der Waals surface area contributed by atoms with Crippen molar-refractivity contribution in [3.8, 4) is 0 Å². The van der Waals surface area contributed by atoms with E-state index in [0.29, 0.717) is 13.0 Å². The summed E-state index contributed by atoms with van der Waals surface area (Å²) in [6.45, 7) is 2.46. The van der Waals surface area contributed by atoms with E-state index in [0.717, 1.165) is 16.7 Å². The van der Waals surface area contributed by atoms with Gasteiger partial charge in [-0.2, -0.15) is 5.10 Å². The van der Waals surface area contributed by atoms with Crippen LogP contribution in [0.25, 0.3) is 0 Å². The molecule has 144 valence electrons. The molecule has 1 aliphatic rings. The van der Waals surface area contributed by atoms with Crippen LogP contribution in [-0.4, -0.2) is 64.7 Å². The number of aromatic nitrogens is 2. The van der Waals surface area contributed by atoms with E-state index in [1.54, 1.807) is 34.8 Å². The summed E-state index contributed by atoms with van der Waals surface area (Å²) in [6.07, 6.45) is 3.75. The highest BCUT2D eigenvalue weighted by Gasteiger charge is 2.41. The van der Waals surface area contributed by atoms with Crippen molar-refractivity contribution >= 4 is 11.8 Å². The third-order valence-electron chi connectivity index (χ3n) is 5.10.